The van der Waals surface area contributed by atoms with E-state index in [1.165, 1.54) is 90.1 Å². The van der Waals surface area contributed by atoms with Gasteiger partial charge in [-0.05, 0) is 101 Å². The molecular formula is C24H45ClN4. The molecule has 3 aliphatic carbocycles. The highest BCUT2D eigenvalue weighted by Gasteiger charge is 2.41. The van der Waals surface area contributed by atoms with Crippen molar-refractivity contribution >= 4 is 11.6 Å². The van der Waals surface area contributed by atoms with Gasteiger partial charge in [-0.1, -0.05) is 12.8 Å². The zero-order valence-electron chi connectivity index (χ0n) is 18.5. The molecule has 4 N–H and O–H groups in total. The van der Waals surface area contributed by atoms with Gasteiger partial charge in [-0.25, -0.2) is 0 Å². The van der Waals surface area contributed by atoms with E-state index < -0.39 is 0 Å². The number of nitrogens with one attached hydrogen (secondary N) is 2. The Labute approximate surface area is 184 Å². The molecule has 4 nitrogen and oxygen atoms in total. The summed E-state index contributed by atoms with van der Waals surface area (Å²) < 4.78 is 0. The molecule has 168 valence electrons. The van der Waals surface area contributed by atoms with Crippen LogP contribution in [0.25, 0.3) is 0 Å². The first-order valence-corrected chi connectivity index (χ1v) is 13.2. The lowest BCUT2D eigenvalue weighted by Crippen LogP contribution is -2.44. The third-order valence-corrected chi connectivity index (χ3v) is 9.13. The first kappa shape index (κ1) is 22.3. The van der Waals surface area contributed by atoms with Gasteiger partial charge >= 0.3 is 0 Å². The standard InChI is InChI=1S/C24H45ClN4/c25-22-3-1-2-18(14-22)10-13-29-17-28-23-9-8-21(15-24(23)29)20-6-4-19(5-7-20)16-27-12-11-26/h18-24,27-28H,1-17,26H2. The van der Waals surface area contributed by atoms with Crippen LogP contribution < -0.4 is 16.4 Å². The number of hydrogen-bond donors (Lipinski definition) is 3. The smallest absolute Gasteiger partial charge is 0.0486 e. The molecule has 1 aliphatic heterocycles. The van der Waals surface area contributed by atoms with E-state index in [-0.39, 0.29) is 0 Å². The van der Waals surface area contributed by atoms with Crippen LogP contribution >= 0.6 is 11.6 Å². The quantitative estimate of drug-likeness (QED) is 0.408. The highest BCUT2D eigenvalue weighted by Crippen LogP contribution is 2.42. The molecule has 1 heterocycles. The van der Waals surface area contributed by atoms with Crippen molar-refractivity contribution in [3.8, 4) is 0 Å². The van der Waals surface area contributed by atoms with Crippen molar-refractivity contribution in [2.75, 3.05) is 32.8 Å². The molecule has 0 radical (unpaired) electrons. The minimum atomic E-state index is 0.442. The van der Waals surface area contributed by atoms with Crippen LogP contribution in [0.15, 0.2) is 0 Å². The third-order valence-electron chi connectivity index (χ3n) is 8.74. The van der Waals surface area contributed by atoms with Gasteiger partial charge in [0.15, 0.2) is 0 Å². The van der Waals surface area contributed by atoms with Crippen molar-refractivity contribution < 1.29 is 0 Å². The predicted molar refractivity (Wildman–Crippen MR) is 123 cm³/mol. The highest BCUT2D eigenvalue weighted by atomic mass is 35.5. The summed E-state index contributed by atoms with van der Waals surface area (Å²) in [7, 11) is 0. The molecule has 3 saturated carbocycles. The van der Waals surface area contributed by atoms with Crippen LogP contribution in [0.2, 0.25) is 0 Å². The number of hydrogen-bond acceptors (Lipinski definition) is 4. The average Bonchev–Trinajstić information content (AvgIpc) is 3.15. The van der Waals surface area contributed by atoms with E-state index >= 15 is 0 Å². The van der Waals surface area contributed by atoms with Gasteiger partial charge in [0, 0.05) is 37.2 Å². The van der Waals surface area contributed by atoms with Crippen molar-refractivity contribution in [1.82, 2.24) is 15.5 Å². The van der Waals surface area contributed by atoms with Crippen LogP contribution in [0.4, 0.5) is 0 Å². The molecule has 5 heteroatoms. The molecule has 1 saturated heterocycles. The average molecular weight is 425 g/mol. The number of nitrogens with two attached hydrogens (primary N) is 1. The summed E-state index contributed by atoms with van der Waals surface area (Å²) in [5.41, 5.74) is 5.61. The van der Waals surface area contributed by atoms with E-state index in [1.807, 2.05) is 0 Å². The largest absolute Gasteiger partial charge is 0.329 e. The monoisotopic (exact) mass is 424 g/mol. The Hall–Kier alpha value is 0.130. The van der Waals surface area contributed by atoms with Gasteiger partial charge in [0.2, 0.25) is 0 Å². The summed E-state index contributed by atoms with van der Waals surface area (Å²) >= 11 is 6.43. The molecule has 5 unspecified atom stereocenters. The molecule has 0 aromatic carbocycles. The first-order valence-electron chi connectivity index (χ1n) is 12.7. The van der Waals surface area contributed by atoms with Gasteiger partial charge < -0.3 is 11.1 Å². The van der Waals surface area contributed by atoms with E-state index in [2.05, 4.69) is 15.5 Å². The van der Waals surface area contributed by atoms with Crippen molar-refractivity contribution in [3.63, 3.8) is 0 Å². The molecule has 0 amide bonds. The minimum Gasteiger partial charge on any atom is -0.329 e. The Morgan fingerprint density at radius 3 is 2.55 bits per heavy atom. The van der Waals surface area contributed by atoms with Crippen molar-refractivity contribution in [3.05, 3.63) is 0 Å². The van der Waals surface area contributed by atoms with Gasteiger partial charge in [0.1, 0.15) is 0 Å². The normalized spacial score (nSPS) is 41.4. The van der Waals surface area contributed by atoms with Gasteiger partial charge in [0.25, 0.3) is 0 Å². The van der Waals surface area contributed by atoms with Crippen molar-refractivity contribution in [2.45, 2.75) is 94.5 Å². The molecule has 0 aromatic rings. The maximum Gasteiger partial charge on any atom is 0.0486 e. The zero-order chi connectivity index (χ0) is 20.1. The summed E-state index contributed by atoms with van der Waals surface area (Å²) in [5, 5.41) is 7.82. The highest BCUT2D eigenvalue weighted by molar-refractivity contribution is 6.20. The second-order valence-corrected chi connectivity index (χ2v) is 11.2. The topological polar surface area (TPSA) is 53.3 Å². The number of alkyl halides is 1. The van der Waals surface area contributed by atoms with E-state index in [4.69, 9.17) is 17.3 Å². The molecule has 4 aliphatic rings. The Balaban J connectivity index is 1.21. The van der Waals surface area contributed by atoms with E-state index in [1.54, 1.807) is 0 Å². The first-order chi connectivity index (χ1) is 14.2. The van der Waals surface area contributed by atoms with Crippen molar-refractivity contribution in [1.29, 1.82) is 0 Å². The summed E-state index contributed by atoms with van der Waals surface area (Å²) in [6.07, 6.45) is 16.7. The third kappa shape index (κ3) is 6.10. The fourth-order valence-electron chi connectivity index (χ4n) is 6.95. The summed E-state index contributed by atoms with van der Waals surface area (Å²) in [5.74, 6) is 3.71. The predicted octanol–water partition coefficient (Wildman–Crippen LogP) is 3.93. The van der Waals surface area contributed by atoms with E-state index in [0.29, 0.717) is 5.38 Å². The maximum absolute atomic E-state index is 6.43. The van der Waals surface area contributed by atoms with Crippen LogP contribution in [-0.4, -0.2) is 55.2 Å². The molecular weight excluding hydrogens is 380 g/mol. The maximum atomic E-state index is 6.43. The summed E-state index contributed by atoms with van der Waals surface area (Å²) in [4.78, 5) is 2.80. The lowest BCUT2D eigenvalue weighted by molar-refractivity contribution is 0.106. The molecule has 4 fully saturated rings. The lowest BCUT2D eigenvalue weighted by Gasteiger charge is -2.41. The van der Waals surface area contributed by atoms with Gasteiger partial charge in [-0.15, -0.1) is 11.6 Å². The van der Waals surface area contributed by atoms with Crippen LogP contribution in [-0.2, 0) is 0 Å². The van der Waals surface area contributed by atoms with E-state index in [9.17, 15) is 0 Å². The zero-order valence-corrected chi connectivity index (χ0v) is 19.2. The molecule has 5 atom stereocenters. The minimum absolute atomic E-state index is 0.442. The second-order valence-electron chi connectivity index (χ2n) is 10.6. The fourth-order valence-corrected chi connectivity index (χ4v) is 7.36. The lowest BCUT2D eigenvalue weighted by atomic mass is 9.69. The summed E-state index contributed by atoms with van der Waals surface area (Å²) in [6.45, 7) is 5.33. The Morgan fingerprint density at radius 1 is 0.931 bits per heavy atom. The fraction of sp³-hybridized carbons (Fsp3) is 1.00. The molecule has 29 heavy (non-hydrogen) atoms. The number of fused-ring (bicyclic) bond motifs is 1. The Morgan fingerprint density at radius 2 is 1.76 bits per heavy atom. The number of rotatable bonds is 8. The van der Waals surface area contributed by atoms with Crippen LogP contribution in [0.3, 0.4) is 0 Å². The molecule has 0 spiro atoms. The molecule has 0 aromatic heterocycles. The summed E-state index contributed by atoms with van der Waals surface area (Å²) in [6, 6.07) is 1.56. The number of nitrogens with zero attached hydrogens (tertiary/aromatic N) is 1. The Kier molecular flexibility index (Phi) is 8.57. The van der Waals surface area contributed by atoms with Gasteiger partial charge in [-0.2, -0.15) is 0 Å². The second kappa shape index (κ2) is 11.1. The van der Waals surface area contributed by atoms with Gasteiger partial charge in [0.05, 0.1) is 0 Å². The molecule has 4 rings (SSSR count). The van der Waals surface area contributed by atoms with E-state index in [0.717, 1.165) is 55.5 Å². The van der Waals surface area contributed by atoms with Crippen LogP contribution in [0.1, 0.15) is 77.0 Å². The van der Waals surface area contributed by atoms with Crippen LogP contribution in [0, 0.1) is 23.7 Å². The number of halogens is 1. The molecule has 0 bridgehead atoms. The SMILES string of the molecule is NCCNCC1CCC(C2CCC3NCN(CCC4CCCC(Cl)C4)C3C2)CC1. The van der Waals surface area contributed by atoms with Crippen LogP contribution in [0.5, 0.6) is 0 Å². The van der Waals surface area contributed by atoms with Crippen molar-refractivity contribution in [2.24, 2.45) is 29.4 Å². The Bertz CT molecular complexity index is 482. The van der Waals surface area contributed by atoms with Gasteiger partial charge in [-0.3, -0.25) is 10.2 Å².